The van der Waals surface area contributed by atoms with Gasteiger partial charge in [-0.2, -0.15) is 0 Å². The van der Waals surface area contributed by atoms with Gasteiger partial charge < -0.3 is 5.32 Å². The summed E-state index contributed by atoms with van der Waals surface area (Å²) in [5.74, 6) is 0. The van der Waals surface area contributed by atoms with Crippen molar-refractivity contribution >= 4 is 0 Å². The predicted octanol–water partition coefficient (Wildman–Crippen LogP) is 1.78. The first kappa shape index (κ1) is 5.72. The minimum Gasteiger partial charge on any atom is -0.314 e. The fraction of sp³-hybridized carbons (Fsp3) is 1.00. The van der Waals surface area contributed by atoms with Gasteiger partial charge in [0.25, 0.3) is 0 Å². The van der Waals surface area contributed by atoms with Crippen LogP contribution in [0, 0.1) is 5.41 Å². The summed E-state index contributed by atoms with van der Waals surface area (Å²) >= 11 is 0. The van der Waals surface area contributed by atoms with Gasteiger partial charge in [-0.25, -0.2) is 0 Å². The van der Waals surface area contributed by atoms with Crippen LogP contribution in [0.1, 0.15) is 34.0 Å². The molecule has 0 bridgehead atoms. The summed E-state index contributed by atoms with van der Waals surface area (Å²) in [6.45, 7) is 3.36. The van der Waals surface area contributed by atoms with Gasteiger partial charge in [0, 0.05) is 7.47 Å². The molecule has 0 radical (unpaired) electrons. The predicted molar refractivity (Wildman–Crippen MR) is 40.5 cm³/mol. The molecule has 0 aromatic heterocycles. The molecule has 1 nitrogen and oxygen atoms in total. The Hall–Kier alpha value is -0.0400. The van der Waals surface area contributed by atoms with Crippen LogP contribution in [0.25, 0.3) is 0 Å². The smallest absolute Gasteiger partial charge is 0.0130 e. The highest BCUT2D eigenvalue weighted by Crippen LogP contribution is 2.60. The Bertz CT molecular complexity index is 118. The normalized spacial score (nSPS) is 36.3. The van der Waals surface area contributed by atoms with Crippen LogP contribution in [-0.2, 0) is 0 Å². The van der Waals surface area contributed by atoms with E-state index in [1.807, 2.05) is 0 Å². The van der Waals surface area contributed by atoms with Crippen molar-refractivity contribution in [2.75, 3.05) is 6.54 Å². The van der Waals surface area contributed by atoms with Gasteiger partial charge in [0.1, 0.15) is 0 Å². The third-order valence-corrected chi connectivity index (χ3v) is 2.99. The standard InChI is InChI=1S/C8H15N.H2/c1-2-9-7-6-8(7)4-3-5-8;/h7,9H,2-6H2,1H3;1H. The van der Waals surface area contributed by atoms with Gasteiger partial charge in [-0.3, -0.25) is 0 Å². The zero-order chi connectivity index (χ0) is 6.32. The van der Waals surface area contributed by atoms with Crippen LogP contribution in [0.2, 0.25) is 0 Å². The molecule has 0 amide bonds. The Morgan fingerprint density at radius 3 is 2.78 bits per heavy atom. The lowest BCUT2D eigenvalue weighted by atomic mass is 9.81. The van der Waals surface area contributed by atoms with E-state index in [0.29, 0.717) is 0 Å². The zero-order valence-electron chi connectivity index (χ0n) is 6.11. The summed E-state index contributed by atoms with van der Waals surface area (Å²) in [6, 6.07) is 0.913. The molecule has 2 aliphatic rings. The minimum atomic E-state index is 0. The van der Waals surface area contributed by atoms with Crippen LogP contribution in [0.5, 0.6) is 0 Å². The first-order valence-electron chi connectivity index (χ1n) is 4.11. The molecule has 2 rings (SSSR count). The summed E-state index contributed by atoms with van der Waals surface area (Å²) in [7, 11) is 0. The van der Waals surface area contributed by atoms with Crippen LogP contribution in [0.3, 0.4) is 0 Å². The molecule has 0 saturated heterocycles. The number of hydrogen-bond acceptors (Lipinski definition) is 1. The third-order valence-electron chi connectivity index (χ3n) is 2.99. The largest absolute Gasteiger partial charge is 0.314 e. The van der Waals surface area contributed by atoms with Crippen LogP contribution in [0.4, 0.5) is 0 Å². The molecule has 1 unspecified atom stereocenters. The highest BCUT2D eigenvalue weighted by molar-refractivity contribution is 5.11. The Morgan fingerprint density at radius 1 is 1.67 bits per heavy atom. The first-order valence-corrected chi connectivity index (χ1v) is 4.11. The Balaban J connectivity index is 0.000000500. The SMILES string of the molecule is CCNC1CC12CCC2.[HH]. The quantitative estimate of drug-likeness (QED) is 0.596. The lowest BCUT2D eigenvalue weighted by Gasteiger charge is -2.26. The molecule has 1 atom stereocenters. The summed E-state index contributed by atoms with van der Waals surface area (Å²) < 4.78 is 0. The Morgan fingerprint density at radius 2 is 2.44 bits per heavy atom. The second kappa shape index (κ2) is 1.72. The first-order chi connectivity index (χ1) is 4.37. The van der Waals surface area contributed by atoms with Gasteiger partial charge in [-0.1, -0.05) is 13.3 Å². The Kier molecular flexibility index (Phi) is 1.10. The van der Waals surface area contributed by atoms with Gasteiger partial charge in [0.2, 0.25) is 0 Å². The van der Waals surface area contributed by atoms with Gasteiger partial charge in [0.05, 0.1) is 0 Å². The van der Waals surface area contributed by atoms with Crippen LogP contribution in [-0.4, -0.2) is 12.6 Å². The van der Waals surface area contributed by atoms with E-state index in [4.69, 9.17) is 0 Å². The lowest BCUT2D eigenvalue weighted by Crippen LogP contribution is -2.26. The van der Waals surface area contributed by atoms with E-state index in [9.17, 15) is 0 Å². The van der Waals surface area contributed by atoms with E-state index >= 15 is 0 Å². The van der Waals surface area contributed by atoms with Crippen molar-refractivity contribution < 1.29 is 1.43 Å². The van der Waals surface area contributed by atoms with Crippen LogP contribution < -0.4 is 5.32 Å². The van der Waals surface area contributed by atoms with Crippen molar-refractivity contribution in [3.63, 3.8) is 0 Å². The van der Waals surface area contributed by atoms with E-state index in [-0.39, 0.29) is 1.43 Å². The molecular formula is C8H17N. The molecule has 1 N–H and O–H groups in total. The van der Waals surface area contributed by atoms with Crippen LogP contribution in [0.15, 0.2) is 0 Å². The lowest BCUT2D eigenvalue weighted by molar-refractivity contribution is 0.266. The molecule has 54 valence electrons. The molecule has 1 heteroatoms. The summed E-state index contributed by atoms with van der Waals surface area (Å²) in [5, 5.41) is 3.51. The molecule has 1 spiro atoms. The monoisotopic (exact) mass is 127 g/mol. The fourth-order valence-electron chi connectivity index (χ4n) is 2.07. The third kappa shape index (κ3) is 0.710. The number of hydrogen-bond donors (Lipinski definition) is 1. The van der Waals surface area contributed by atoms with Crippen molar-refractivity contribution in [1.29, 1.82) is 0 Å². The highest BCUT2D eigenvalue weighted by atomic mass is 15.0. The van der Waals surface area contributed by atoms with E-state index in [0.717, 1.165) is 18.0 Å². The molecule has 0 aromatic carbocycles. The second-order valence-electron chi connectivity index (χ2n) is 3.53. The van der Waals surface area contributed by atoms with Crippen molar-refractivity contribution in [3.8, 4) is 0 Å². The topological polar surface area (TPSA) is 12.0 Å². The van der Waals surface area contributed by atoms with E-state index in [1.54, 1.807) is 0 Å². The molecule has 2 saturated carbocycles. The van der Waals surface area contributed by atoms with Crippen LogP contribution >= 0.6 is 0 Å². The summed E-state index contributed by atoms with van der Waals surface area (Å²) in [5.41, 5.74) is 0.829. The maximum atomic E-state index is 3.51. The molecule has 2 aliphatic carbocycles. The highest BCUT2D eigenvalue weighted by Gasteiger charge is 2.56. The maximum Gasteiger partial charge on any atom is 0.0130 e. The van der Waals surface area contributed by atoms with E-state index < -0.39 is 0 Å². The van der Waals surface area contributed by atoms with Crippen molar-refractivity contribution in [3.05, 3.63) is 0 Å². The fourth-order valence-corrected chi connectivity index (χ4v) is 2.07. The van der Waals surface area contributed by atoms with Gasteiger partial charge >= 0.3 is 0 Å². The Labute approximate surface area is 58.3 Å². The average molecular weight is 127 g/mol. The number of rotatable bonds is 2. The van der Waals surface area contributed by atoms with Crippen molar-refractivity contribution in [1.82, 2.24) is 5.32 Å². The molecule has 9 heavy (non-hydrogen) atoms. The molecule has 0 heterocycles. The van der Waals surface area contributed by atoms with Gasteiger partial charge in [-0.05, 0) is 31.2 Å². The average Bonchev–Trinajstić information content (AvgIpc) is 2.41. The molecule has 0 aliphatic heterocycles. The summed E-state index contributed by atoms with van der Waals surface area (Å²) in [6.07, 6.45) is 5.97. The van der Waals surface area contributed by atoms with E-state index in [1.165, 1.54) is 25.7 Å². The van der Waals surface area contributed by atoms with E-state index in [2.05, 4.69) is 12.2 Å². The van der Waals surface area contributed by atoms with Gasteiger partial charge in [0.15, 0.2) is 0 Å². The number of nitrogens with one attached hydrogen (secondary N) is 1. The maximum absolute atomic E-state index is 3.51. The summed E-state index contributed by atoms with van der Waals surface area (Å²) in [4.78, 5) is 0. The van der Waals surface area contributed by atoms with Crippen molar-refractivity contribution in [2.24, 2.45) is 5.41 Å². The molecule has 0 aromatic rings. The minimum absolute atomic E-state index is 0. The van der Waals surface area contributed by atoms with Gasteiger partial charge in [-0.15, -0.1) is 0 Å². The second-order valence-corrected chi connectivity index (χ2v) is 3.53. The zero-order valence-corrected chi connectivity index (χ0v) is 6.11. The van der Waals surface area contributed by atoms with Crippen molar-refractivity contribution in [2.45, 2.75) is 38.6 Å². The molecular weight excluding hydrogens is 110 g/mol. The molecule has 2 fully saturated rings.